The third-order valence-electron chi connectivity index (χ3n) is 10.1. The molecule has 0 amide bonds. The van der Waals surface area contributed by atoms with Crippen molar-refractivity contribution in [3.05, 3.63) is 78.6 Å². The van der Waals surface area contributed by atoms with Gasteiger partial charge in [0.2, 0.25) is 0 Å². The van der Waals surface area contributed by atoms with Crippen LogP contribution in [0, 0.1) is 18.4 Å². The van der Waals surface area contributed by atoms with E-state index < -0.39 is 50.4 Å². The zero-order valence-electron chi connectivity index (χ0n) is 32.9. The second kappa shape index (κ2) is 21.4. The highest BCUT2D eigenvalue weighted by Crippen LogP contribution is 2.48. The molecule has 4 N–H and O–H groups in total. The van der Waals surface area contributed by atoms with Gasteiger partial charge >= 0.3 is 19.8 Å². The monoisotopic (exact) mass is 806 g/mol. The quantitative estimate of drug-likeness (QED) is 0.0204. The summed E-state index contributed by atoms with van der Waals surface area (Å²) in [5, 5.41) is 14.2. The molecule has 1 saturated heterocycles. The Morgan fingerprint density at radius 3 is 2.30 bits per heavy atom. The van der Waals surface area contributed by atoms with E-state index in [1.54, 1.807) is 30.3 Å². The molecule has 4 aromatic rings. The van der Waals surface area contributed by atoms with E-state index >= 15 is 0 Å². The number of carbonyl (C=O) groups is 1. The minimum Gasteiger partial charge on any atom is -0.461 e. The summed E-state index contributed by atoms with van der Waals surface area (Å²) in [6.07, 6.45) is 15.9. The number of esters is 1. The van der Waals surface area contributed by atoms with E-state index in [4.69, 9.17) is 30.7 Å². The van der Waals surface area contributed by atoms with E-state index in [9.17, 15) is 18.9 Å². The summed E-state index contributed by atoms with van der Waals surface area (Å²) in [5.41, 5.74) is 4.96. The van der Waals surface area contributed by atoms with Gasteiger partial charge in [0, 0.05) is 6.42 Å². The molecule has 5 atom stereocenters. The van der Waals surface area contributed by atoms with Crippen molar-refractivity contribution in [1.29, 1.82) is 0 Å². The van der Waals surface area contributed by atoms with Gasteiger partial charge in [0.25, 0.3) is 0 Å². The number of nitrogens with one attached hydrogen (secondary N) is 1. The van der Waals surface area contributed by atoms with Gasteiger partial charge in [-0.1, -0.05) is 120 Å². The first-order valence-corrected chi connectivity index (χ1v) is 21.6. The fourth-order valence-electron chi connectivity index (χ4n) is 6.92. The van der Waals surface area contributed by atoms with Gasteiger partial charge in [-0.25, -0.2) is 9.55 Å². The molecule has 0 radical (unpaired) electrons. The molecule has 1 fully saturated rings. The topological polar surface area (TPSA) is 173 Å². The van der Waals surface area contributed by atoms with Crippen molar-refractivity contribution in [3.8, 4) is 18.1 Å². The molecule has 308 valence electrons. The number of nitrogen functional groups attached to an aromatic ring is 1. The SMILES string of the molecule is C#C[C@]1(CO[P@@](=O)(N[C@@H](Cc2ccccc2)C(=O)OC(CCCCCCC)CCCCCCC)Oc2ccccc2)O[C@@H](n2cnc3c(N)nc(F)nc32)C[C@@H]1O. The number of nitrogens with zero attached hydrogens (tertiary/aromatic N) is 4. The third kappa shape index (κ3) is 12.3. The van der Waals surface area contributed by atoms with Crippen LogP contribution in [-0.4, -0.2) is 61.1 Å². The smallest absolute Gasteiger partial charge is 0.459 e. The minimum absolute atomic E-state index is 0.0354. The van der Waals surface area contributed by atoms with E-state index in [0.29, 0.717) is 0 Å². The first-order valence-electron chi connectivity index (χ1n) is 20.1. The number of anilines is 1. The van der Waals surface area contributed by atoms with Gasteiger partial charge in [-0.3, -0.25) is 13.9 Å². The second-order valence-corrected chi connectivity index (χ2v) is 16.3. The number of nitrogens with two attached hydrogens (primary N) is 1. The molecule has 3 heterocycles. The molecule has 0 spiro atoms. The molecule has 15 heteroatoms. The largest absolute Gasteiger partial charge is 0.461 e. The van der Waals surface area contributed by atoms with Crippen molar-refractivity contribution in [2.75, 3.05) is 12.3 Å². The number of carbonyl (C=O) groups excluding carboxylic acids is 1. The number of para-hydroxylation sites is 1. The summed E-state index contributed by atoms with van der Waals surface area (Å²) in [6.45, 7) is 3.73. The zero-order valence-corrected chi connectivity index (χ0v) is 33.8. The molecule has 2 aromatic carbocycles. The van der Waals surface area contributed by atoms with Crippen molar-refractivity contribution < 1.29 is 37.4 Å². The van der Waals surface area contributed by atoms with Crippen LogP contribution in [0.3, 0.4) is 0 Å². The molecule has 57 heavy (non-hydrogen) atoms. The molecular formula is C42H56FN6O7P. The number of terminal acetylenes is 1. The van der Waals surface area contributed by atoms with Gasteiger partial charge in [-0.05, 0) is 49.8 Å². The van der Waals surface area contributed by atoms with Crippen molar-refractivity contribution in [1.82, 2.24) is 24.6 Å². The zero-order chi connectivity index (χ0) is 40.7. The number of aliphatic hydroxyl groups excluding tert-OH is 1. The van der Waals surface area contributed by atoms with Crippen molar-refractivity contribution in [3.63, 3.8) is 0 Å². The number of fused-ring (bicyclic) bond motifs is 1. The Morgan fingerprint density at radius 1 is 1.04 bits per heavy atom. The van der Waals surface area contributed by atoms with E-state index in [-0.39, 0.29) is 41.7 Å². The lowest BCUT2D eigenvalue weighted by Gasteiger charge is -2.30. The van der Waals surface area contributed by atoms with Gasteiger partial charge < -0.3 is 24.8 Å². The summed E-state index contributed by atoms with van der Waals surface area (Å²) >= 11 is 0. The minimum atomic E-state index is -4.51. The van der Waals surface area contributed by atoms with Gasteiger partial charge in [-0.15, -0.1) is 6.42 Å². The van der Waals surface area contributed by atoms with Gasteiger partial charge in [0.05, 0.1) is 6.33 Å². The number of benzene rings is 2. The lowest BCUT2D eigenvalue weighted by atomic mass is 9.99. The average molecular weight is 807 g/mol. The lowest BCUT2D eigenvalue weighted by molar-refractivity contribution is -0.152. The van der Waals surface area contributed by atoms with Crippen LogP contribution >= 0.6 is 7.75 Å². The molecule has 0 aliphatic carbocycles. The normalized spacial score (nSPS) is 19.6. The molecule has 1 aliphatic rings. The Morgan fingerprint density at radius 2 is 1.67 bits per heavy atom. The Bertz CT molecular complexity index is 1930. The first-order chi connectivity index (χ1) is 27.6. The molecule has 2 aromatic heterocycles. The number of halogens is 1. The Labute approximate surface area is 334 Å². The standard InChI is InChI=1S/C42H56FN6O7P/c1-4-7-9-11-17-23-32(24-18-12-10-8-5-2)54-40(51)34(27-31-21-15-13-16-22-31)48-57(52,56-33-25-19-14-20-26-33)53-29-42(6-3)35(50)28-36(55-42)49-30-45-37-38(44)46-41(43)47-39(37)49/h3,13-16,19-22,25-26,30,32,34-36,50H,4-5,7-12,17-18,23-24,27-29H2,1-2H3,(H,48,52)(H2,44,46,47)/t34-,35-,36+,42+,57-/m0/s1. The fraction of sp³-hybridized carbons (Fsp3) is 0.524. The predicted octanol–water partition coefficient (Wildman–Crippen LogP) is 8.24. The van der Waals surface area contributed by atoms with E-state index in [1.807, 2.05) is 30.3 Å². The van der Waals surface area contributed by atoms with Crippen LogP contribution in [0.2, 0.25) is 0 Å². The molecule has 13 nitrogen and oxygen atoms in total. The number of rotatable bonds is 24. The summed E-state index contributed by atoms with van der Waals surface area (Å²) in [6, 6.07) is 16.5. The van der Waals surface area contributed by atoms with Gasteiger partial charge in [0.1, 0.15) is 36.8 Å². The number of imidazole rings is 1. The number of ether oxygens (including phenoxy) is 2. The Balaban J connectivity index is 1.39. The molecular weight excluding hydrogens is 750 g/mol. The summed E-state index contributed by atoms with van der Waals surface area (Å²) in [5.74, 6) is 1.92. The number of aromatic nitrogens is 4. The van der Waals surface area contributed by atoms with Crippen LogP contribution in [0.25, 0.3) is 11.2 Å². The summed E-state index contributed by atoms with van der Waals surface area (Å²) in [4.78, 5) is 25.8. The van der Waals surface area contributed by atoms with Crippen molar-refractivity contribution >= 4 is 30.7 Å². The Kier molecular flexibility index (Phi) is 16.4. The predicted molar refractivity (Wildman–Crippen MR) is 216 cm³/mol. The van der Waals surface area contributed by atoms with Crippen LogP contribution in [0.5, 0.6) is 5.75 Å². The summed E-state index contributed by atoms with van der Waals surface area (Å²) in [7, 11) is -4.51. The highest BCUT2D eigenvalue weighted by atomic mass is 31.2. The maximum atomic E-state index is 14.9. The molecule has 5 rings (SSSR count). The van der Waals surface area contributed by atoms with E-state index in [1.165, 1.54) is 10.9 Å². The number of hydrogen-bond acceptors (Lipinski definition) is 11. The maximum absolute atomic E-state index is 14.9. The van der Waals surface area contributed by atoms with Crippen LogP contribution < -0.4 is 15.3 Å². The molecule has 1 aliphatic heterocycles. The van der Waals surface area contributed by atoms with Crippen LogP contribution in [0.4, 0.5) is 10.2 Å². The summed E-state index contributed by atoms with van der Waals surface area (Å²) < 4.78 is 55.0. The van der Waals surface area contributed by atoms with Gasteiger partial charge in [-0.2, -0.15) is 19.4 Å². The lowest BCUT2D eigenvalue weighted by Crippen LogP contribution is -2.45. The highest BCUT2D eigenvalue weighted by molar-refractivity contribution is 7.52. The van der Waals surface area contributed by atoms with Gasteiger partial charge in [0.15, 0.2) is 22.6 Å². The molecule has 0 bridgehead atoms. The van der Waals surface area contributed by atoms with Crippen LogP contribution in [0.1, 0.15) is 109 Å². The number of hydrogen-bond donors (Lipinski definition) is 3. The second-order valence-electron chi connectivity index (χ2n) is 14.6. The van der Waals surface area contributed by atoms with Crippen LogP contribution in [0.15, 0.2) is 67.0 Å². The highest BCUT2D eigenvalue weighted by Gasteiger charge is 2.50. The molecule has 0 unspecified atom stereocenters. The fourth-order valence-corrected chi connectivity index (χ4v) is 8.44. The van der Waals surface area contributed by atoms with Crippen molar-refractivity contribution in [2.24, 2.45) is 0 Å². The third-order valence-corrected chi connectivity index (χ3v) is 11.7. The van der Waals surface area contributed by atoms with E-state index in [0.717, 1.165) is 82.6 Å². The maximum Gasteiger partial charge on any atom is 0.459 e. The number of aliphatic hydroxyl groups is 1. The van der Waals surface area contributed by atoms with Crippen molar-refractivity contribution in [2.45, 2.75) is 134 Å². The van der Waals surface area contributed by atoms with Crippen LogP contribution in [-0.2, 0) is 29.8 Å². The first kappa shape index (κ1) is 43.7. The molecule has 0 saturated carbocycles. The Hall–Kier alpha value is -4.38. The number of unbranched alkanes of at least 4 members (excludes halogenated alkanes) is 8. The van der Waals surface area contributed by atoms with E-state index in [2.05, 4.69) is 39.8 Å². The average Bonchev–Trinajstić information content (AvgIpc) is 3.78.